The molecule has 82 valence electrons. The van der Waals surface area contributed by atoms with Crippen molar-refractivity contribution in [2.45, 2.75) is 17.8 Å². The van der Waals surface area contributed by atoms with Gasteiger partial charge in [-0.25, -0.2) is 0 Å². The molecule has 0 spiro atoms. The van der Waals surface area contributed by atoms with Gasteiger partial charge in [-0.2, -0.15) is 26.3 Å². The Balaban J connectivity index is 0. The first-order chi connectivity index (χ1) is 6.05. The molecule has 0 aliphatic carbocycles. The van der Waals surface area contributed by atoms with Gasteiger partial charge < -0.3 is 1.43 Å². The topological polar surface area (TPSA) is 46.2 Å². The maximum absolute atomic E-state index is 12.3. The van der Waals surface area contributed by atoms with E-state index >= 15 is 0 Å². The first-order valence-corrected chi connectivity index (χ1v) is 3.04. The van der Waals surface area contributed by atoms with Gasteiger partial charge in [0.05, 0.1) is 0 Å². The van der Waals surface area contributed by atoms with Crippen molar-refractivity contribution in [2.75, 3.05) is 0 Å². The van der Waals surface area contributed by atoms with Gasteiger partial charge in [0.25, 0.3) is 0 Å². The molecule has 0 aromatic carbocycles. The molecule has 0 saturated carbocycles. The van der Waals surface area contributed by atoms with Crippen molar-refractivity contribution in [2.24, 2.45) is 0 Å². The van der Waals surface area contributed by atoms with Crippen molar-refractivity contribution < 1.29 is 88.7 Å². The van der Waals surface area contributed by atoms with Crippen LogP contribution >= 0.6 is 0 Å². The fourth-order valence-electron chi connectivity index (χ4n) is 0.742. The van der Waals surface area contributed by atoms with E-state index in [1.165, 1.54) is 0 Å². The van der Waals surface area contributed by atoms with Gasteiger partial charge in [-0.05, 0) is 0 Å². The van der Waals surface area contributed by atoms with E-state index in [0.29, 0.717) is 5.32 Å². The Hall–Kier alpha value is 0.356. The zero-order valence-electron chi connectivity index (χ0n) is 8.08. The molecule has 1 fully saturated rings. The Morgan fingerprint density at radius 2 is 1.13 bits per heavy atom. The fourth-order valence-corrected chi connectivity index (χ4v) is 0.742. The average molecular weight is 261 g/mol. The molecule has 1 aliphatic heterocycles. The second-order valence-electron chi connectivity index (χ2n) is 2.51. The Labute approximate surface area is 122 Å². The number of rotatable bonds is 0. The van der Waals surface area contributed by atoms with Crippen molar-refractivity contribution in [1.82, 2.24) is 5.32 Å². The molecule has 0 aromatic heterocycles. The Morgan fingerprint density at radius 3 is 1.40 bits per heavy atom. The molecule has 10 heteroatoms. The summed E-state index contributed by atoms with van der Waals surface area (Å²) in [5, 5.41) is 0.458. The summed E-state index contributed by atoms with van der Waals surface area (Å²) in [5.74, 6) is -22.7. The summed E-state index contributed by atoms with van der Waals surface area (Å²) in [6.07, 6.45) is 0. The Bertz CT molecular complexity index is 294. The second-order valence-corrected chi connectivity index (χ2v) is 2.51. The minimum absolute atomic E-state index is 0. The van der Waals surface area contributed by atoms with Crippen LogP contribution in [0.2, 0.25) is 0 Å². The van der Waals surface area contributed by atoms with Crippen LogP contribution in [0.5, 0.6) is 0 Å². The molecule has 0 atom stereocenters. The summed E-state index contributed by atoms with van der Waals surface area (Å²) in [6, 6.07) is 0. The number of imide groups is 1. The van der Waals surface area contributed by atoms with E-state index in [9.17, 15) is 35.9 Å². The van der Waals surface area contributed by atoms with E-state index in [4.69, 9.17) is 0 Å². The third-order valence-electron chi connectivity index (χ3n) is 1.59. The SMILES string of the molecule is O=C1NC(=O)C(F)(F)C(F)(F)C1(F)F.[H-].[K+]. The van der Waals surface area contributed by atoms with E-state index in [1.54, 1.807) is 0 Å². The third kappa shape index (κ3) is 1.86. The van der Waals surface area contributed by atoms with Crippen LogP contribution in [0.15, 0.2) is 0 Å². The molecule has 0 aromatic rings. The van der Waals surface area contributed by atoms with Crippen LogP contribution in [0.1, 0.15) is 1.43 Å². The summed E-state index contributed by atoms with van der Waals surface area (Å²) in [7, 11) is 0. The molecule has 0 radical (unpaired) electrons. The first kappa shape index (κ1) is 15.4. The van der Waals surface area contributed by atoms with Gasteiger partial charge in [0.1, 0.15) is 0 Å². The predicted molar refractivity (Wildman–Crippen MR) is 29.1 cm³/mol. The molecule has 1 aliphatic rings. The van der Waals surface area contributed by atoms with Gasteiger partial charge in [-0.3, -0.25) is 14.9 Å². The Morgan fingerprint density at radius 1 is 0.867 bits per heavy atom. The van der Waals surface area contributed by atoms with Crippen LogP contribution in [0.25, 0.3) is 0 Å². The standard InChI is InChI=1S/C5HF6NO2.K.H/c6-3(7)1(13)12-2(14)4(8,9)5(3,10)11;;/h(H,12,13,14);;/q;+1;-1. The second kappa shape index (κ2) is 3.98. The number of halogens is 6. The smallest absolute Gasteiger partial charge is 1.00 e. The molecule has 1 N–H and O–H groups in total. The van der Waals surface area contributed by atoms with Crippen LogP contribution in [0.3, 0.4) is 0 Å². The number of nitrogens with one attached hydrogen (secondary N) is 1. The number of carbonyl (C=O) groups excluding carboxylic acids is 2. The maximum atomic E-state index is 12.3. The number of carbonyl (C=O) groups is 2. The predicted octanol–water partition coefficient (Wildman–Crippen LogP) is -2.33. The molecule has 1 heterocycles. The average Bonchev–Trinajstić information content (AvgIpc) is 2.01. The number of hydrogen-bond acceptors (Lipinski definition) is 2. The van der Waals surface area contributed by atoms with Crippen molar-refractivity contribution in [1.29, 1.82) is 0 Å². The molecule has 0 bridgehead atoms. The molecule has 0 unspecified atom stereocenters. The summed E-state index contributed by atoms with van der Waals surface area (Å²) in [5.41, 5.74) is 0. The van der Waals surface area contributed by atoms with E-state index in [0.717, 1.165) is 0 Å². The Kier molecular flexibility index (Phi) is 4.08. The van der Waals surface area contributed by atoms with Crippen LogP contribution in [0.4, 0.5) is 26.3 Å². The molecule has 1 saturated heterocycles. The molecule has 15 heavy (non-hydrogen) atoms. The van der Waals surface area contributed by atoms with Crippen molar-refractivity contribution >= 4 is 11.8 Å². The van der Waals surface area contributed by atoms with Crippen LogP contribution in [-0.2, 0) is 9.59 Å². The quantitative estimate of drug-likeness (QED) is 0.302. The van der Waals surface area contributed by atoms with E-state index < -0.39 is 29.6 Å². The van der Waals surface area contributed by atoms with Crippen molar-refractivity contribution in [3.8, 4) is 0 Å². The van der Waals surface area contributed by atoms with Crippen LogP contribution in [-0.4, -0.2) is 29.6 Å². The molecule has 3 nitrogen and oxygen atoms in total. The minimum Gasteiger partial charge on any atom is -1.00 e. The van der Waals surface area contributed by atoms with Crippen LogP contribution in [0, 0.1) is 0 Å². The van der Waals surface area contributed by atoms with E-state index in [-0.39, 0.29) is 52.8 Å². The minimum atomic E-state index is -6.01. The summed E-state index contributed by atoms with van der Waals surface area (Å²) < 4.78 is 73.6. The van der Waals surface area contributed by atoms with E-state index in [1.807, 2.05) is 0 Å². The van der Waals surface area contributed by atoms with Gasteiger partial charge >= 0.3 is 81.0 Å². The largest absolute Gasteiger partial charge is 1.00 e. The normalized spacial score (nSPS) is 26.5. The van der Waals surface area contributed by atoms with Crippen LogP contribution < -0.4 is 56.7 Å². The number of piperidine rings is 1. The number of amides is 2. The number of hydrogen-bond donors (Lipinski definition) is 1. The van der Waals surface area contributed by atoms with Gasteiger partial charge in [0.2, 0.25) is 0 Å². The fraction of sp³-hybridized carbons (Fsp3) is 0.600. The number of alkyl halides is 6. The molecular weight excluding hydrogens is 259 g/mol. The van der Waals surface area contributed by atoms with Gasteiger partial charge in [0, 0.05) is 0 Å². The summed E-state index contributed by atoms with van der Waals surface area (Å²) >= 11 is 0. The first-order valence-electron chi connectivity index (χ1n) is 3.04. The molecular formula is C5H2F6KNO2. The monoisotopic (exact) mass is 261 g/mol. The zero-order valence-corrected chi connectivity index (χ0v) is 10.2. The molecule has 1 rings (SSSR count). The van der Waals surface area contributed by atoms with Gasteiger partial charge in [0.15, 0.2) is 0 Å². The van der Waals surface area contributed by atoms with E-state index in [2.05, 4.69) is 0 Å². The maximum Gasteiger partial charge on any atom is 1.00 e. The zero-order chi connectivity index (χ0) is 11.4. The van der Waals surface area contributed by atoms with Gasteiger partial charge in [-0.15, -0.1) is 0 Å². The summed E-state index contributed by atoms with van der Waals surface area (Å²) in [6.45, 7) is 0. The molecule has 2 amide bonds. The van der Waals surface area contributed by atoms with Crippen molar-refractivity contribution in [3.63, 3.8) is 0 Å². The summed E-state index contributed by atoms with van der Waals surface area (Å²) in [4.78, 5) is 20.3. The van der Waals surface area contributed by atoms with Gasteiger partial charge in [-0.1, -0.05) is 0 Å². The van der Waals surface area contributed by atoms with Crippen molar-refractivity contribution in [3.05, 3.63) is 0 Å². The third-order valence-corrected chi connectivity index (χ3v) is 1.59.